The van der Waals surface area contributed by atoms with Crippen molar-refractivity contribution >= 4 is 0 Å². The lowest BCUT2D eigenvalue weighted by atomic mass is 9.83. The van der Waals surface area contributed by atoms with Gasteiger partial charge in [0, 0.05) is 11.8 Å². The van der Waals surface area contributed by atoms with E-state index in [4.69, 9.17) is 0 Å². The number of rotatable bonds is 3. The smallest absolute Gasteiger partial charge is 0.0338 e. The Hall–Kier alpha value is -0.440. The molecule has 0 heteroatoms. The van der Waals surface area contributed by atoms with Crippen LogP contribution in [-0.2, 0) is 0 Å². The zero-order chi connectivity index (χ0) is 6.69. The molecule has 2 unspecified atom stereocenters. The Bertz CT molecular complexity index is 136. The molecule has 9 heavy (non-hydrogen) atoms. The molecule has 0 aromatic heterocycles. The minimum absolute atomic E-state index is 0.691. The molecule has 0 spiro atoms. The second-order valence-corrected chi connectivity index (χ2v) is 2.83. The molecule has 0 saturated carbocycles. The van der Waals surface area contributed by atoms with Crippen molar-refractivity contribution in [3.05, 3.63) is 0 Å². The first kappa shape index (κ1) is 6.68. The van der Waals surface area contributed by atoms with Gasteiger partial charge in [-0.05, 0) is 6.42 Å². The van der Waals surface area contributed by atoms with Gasteiger partial charge >= 0.3 is 0 Å². The van der Waals surface area contributed by atoms with Crippen LogP contribution in [0.4, 0.5) is 0 Å². The molecule has 2 atom stereocenters. The standard InChI is InChI=1S/C9H14/c1-3-4-5-9-7-6-8(9)2/h8-9H,3-5H2,1-2H3. The summed E-state index contributed by atoms with van der Waals surface area (Å²) >= 11 is 0. The molecule has 0 aromatic carbocycles. The number of hydrogen-bond acceptors (Lipinski definition) is 0. The molecule has 1 rings (SSSR count). The lowest BCUT2D eigenvalue weighted by Crippen LogP contribution is -2.15. The summed E-state index contributed by atoms with van der Waals surface area (Å²) in [6, 6.07) is 0. The van der Waals surface area contributed by atoms with Crippen molar-refractivity contribution in [1.82, 2.24) is 0 Å². The Morgan fingerprint density at radius 1 is 1.33 bits per heavy atom. The molecule has 1 aliphatic rings. The van der Waals surface area contributed by atoms with Crippen LogP contribution in [0.15, 0.2) is 0 Å². The van der Waals surface area contributed by atoms with Crippen LogP contribution in [0.3, 0.4) is 0 Å². The van der Waals surface area contributed by atoms with E-state index in [0.717, 1.165) is 5.92 Å². The highest BCUT2D eigenvalue weighted by molar-refractivity contribution is 5.20. The summed E-state index contributed by atoms with van der Waals surface area (Å²) in [5.74, 6) is 7.73. The van der Waals surface area contributed by atoms with Crippen molar-refractivity contribution < 1.29 is 0 Å². The van der Waals surface area contributed by atoms with E-state index < -0.39 is 0 Å². The van der Waals surface area contributed by atoms with Gasteiger partial charge in [0.05, 0.1) is 0 Å². The third-order valence-electron chi connectivity index (χ3n) is 1.97. The molecule has 0 nitrogen and oxygen atoms in total. The fourth-order valence-electron chi connectivity index (χ4n) is 1.11. The van der Waals surface area contributed by atoms with Gasteiger partial charge in [-0.3, -0.25) is 0 Å². The normalized spacial score (nSPS) is 30.4. The average Bonchev–Trinajstić information content (AvgIpc) is 1.86. The monoisotopic (exact) mass is 122 g/mol. The summed E-state index contributed by atoms with van der Waals surface area (Å²) in [4.78, 5) is 0. The van der Waals surface area contributed by atoms with Crippen molar-refractivity contribution in [2.24, 2.45) is 11.8 Å². The second-order valence-electron chi connectivity index (χ2n) is 2.83. The third kappa shape index (κ3) is 1.48. The summed E-state index contributed by atoms with van der Waals surface area (Å²) in [7, 11) is 0. The summed E-state index contributed by atoms with van der Waals surface area (Å²) in [6.07, 6.45) is 3.99. The Balaban J connectivity index is 2.11. The van der Waals surface area contributed by atoms with Crippen molar-refractivity contribution in [3.8, 4) is 11.8 Å². The van der Waals surface area contributed by atoms with Gasteiger partial charge in [-0.15, -0.1) is 0 Å². The molecular weight excluding hydrogens is 108 g/mol. The fraction of sp³-hybridized carbons (Fsp3) is 0.778. The van der Waals surface area contributed by atoms with Gasteiger partial charge in [0.25, 0.3) is 0 Å². The zero-order valence-corrected chi connectivity index (χ0v) is 6.28. The van der Waals surface area contributed by atoms with E-state index in [1.54, 1.807) is 0 Å². The van der Waals surface area contributed by atoms with Crippen LogP contribution in [0.2, 0.25) is 0 Å². The van der Waals surface area contributed by atoms with Crippen LogP contribution < -0.4 is 0 Å². The molecule has 1 aliphatic carbocycles. The zero-order valence-electron chi connectivity index (χ0n) is 6.28. The summed E-state index contributed by atoms with van der Waals surface area (Å²) in [5, 5.41) is 0. The van der Waals surface area contributed by atoms with Crippen molar-refractivity contribution in [2.45, 2.75) is 33.1 Å². The first-order chi connectivity index (χ1) is 4.34. The first-order valence-corrected chi connectivity index (χ1v) is 3.85. The largest absolute Gasteiger partial charge is 0.0986 e. The van der Waals surface area contributed by atoms with Crippen LogP contribution in [0.1, 0.15) is 33.1 Å². The molecule has 0 heterocycles. The molecule has 50 valence electrons. The van der Waals surface area contributed by atoms with Crippen LogP contribution in [0.5, 0.6) is 0 Å². The Morgan fingerprint density at radius 3 is 2.44 bits per heavy atom. The van der Waals surface area contributed by atoms with Crippen LogP contribution in [0, 0.1) is 23.7 Å². The fourth-order valence-corrected chi connectivity index (χ4v) is 1.11. The topological polar surface area (TPSA) is 0 Å². The SMILES string of the molecule is CCCCC1C#CC1C. The van der Waals surface area contributed by atoms with Gasteiger partial charge < -0.3 is 0 Å². The van der Waals surface area contributed by atoms with E-state index in [-0.39, 0.29) is 0 Å². The van der Waals surface area contributed by atoms with E-state index >= 15 is 0 Å². The van der Waals surface area contributed by atoms with Crippen LogP contribution in [0.25, 0.3) is 0 Å². The minimum atomic E-state index is 0.691. The molecule has 0 aromatic rings. The molecule has 0 fully saturated rings. The van der Waals surface area contributed by atoms with E-state index in [1.807, 2.05) is 0 Å². The van der Waals surface area contributed by atoms with Gasteiger partial charge in [-0.25, -0.2) is 0 Å². The molecule has 0 bridgehead atoms. The van der Waals surface area contributed by atoms with Gasteiger partial charge in [0.1, 0.15) is 0 Å². The van der Waals surface area contributed by atoms with Crippen LogP contribution in [-0.4, -0.2) is 0 Å². The molecular formula is C9H14. The van der Waals surface area contributed by atoms with E-state index in [1.165, 1.54) is 19.3 Å². The average molecular weight is 122 g/mol. The highest BCUT2D eigenvalue weighted by atomic mass is 14.2. The maximum Gasteiger partial charge on any atom is 0.0338 e. The Labute approximate surface area is 57.7 Å². The summed E-state index contributed by atoms with van der Waals surface area (Å²) < 4.78 is 0. The number of hydrogen-bond donors (Lipinski definition) is 0. The predicted octanol–water partition coefficient (Wildman–Crippen LogP) is 2.45. The Morgan fingerprint density at radius 2 is 2.11 bits per heavy atom. The molecule has 0 amide bonds. The Kier molecular flexibility index (Phi) is 2.16. The van der Waals surface area contributed by atoms with Gasteiger partial charge in [-0.1, -0.05) is 38.5 Å². The third-order valence-corrected chi connectivity index (χ3v) is 1.97. The maximum absolute atomic E-state index is 3.18. The quantitative estimate of drug-likeness (QED) is 0.504. The number of unbranched alkanes of at least 4 members (excludes halogenated alkanes) is 1. The highest BCUT2D eigenvalue weighted by Gasteiger charge is 2.17. The first-order valence-electron chi connectivity index (χ1n) is 3.85. The van der Waals surface area contributed by atoms with E-state index in [2.05, 4.69) is 25.7 Å². The molecule has 0 radical (unpaired) electrons. The van der Waals surface area contributed by atoms with Gasteiger partial charge in [0.15, 0.2) is 0 Å². The highest BCUT2D eigenvalue weighted by Crippen LogP contribution is 2.22. The minimum Gasteiger partial charge on any atom is -0.0986 e. The van der Waals surface area contributed by atoms with Gasteiger partial charge in [-0.2, -0.15) is 0 Å². The van der Waals surface area contributed by atoms with Crippen LogP contribution >= 0.6 is 0 Å². The lowest BCUT2D eigenvalue weighted by molar-refractivity contribution is 0.457. The van der Waals surface area contributed by atoms with Crippen molar-refractivity contribution in [1.29, 1.82) is 0 Å². The molecule has 0 aliphatic heterocycles. The molecule has 0 saturated heterocycles. The second kappa shape index (κ2) is 2.92. The maximum atomic E-state index is 3.18. The predicted molar refractivity (Wildman–Crippen MR) is 40.0 cm³/mol. The van der Waals surface area contributed by atoms with Crippen molar-refractivity contribution in [2.75, 3.05) is 0 Å². The summed E-state index contributed by atoms with van der Waals surface area (Å²) in [6.45, 7) is 4.45. The van der Waals surface area contributed by atoms with Crippen molar-refractivity contribution in [3.63, 3.8) is 0 Å². The van der Waals surface area contributed by atoms with Gasteiger partial charge in [0.2, 0.25) is 0 Å². The van der Waals surface area contributed by atoms with E-state index in [9.17, 15) is 0 Å². The summed E-state index contributed by atoms with van der Waals surface area (Å²) in [5.41, 5.74) is 0. The van der Waals surface area contributed by atoms with E-state index in [0.29, 0.717) is 5.92 Å². The lowest BCUT2D eigenvalue weighted by Gasteiger charge is -2.19. The molecule has 0 N–H and O–H groups in total.